The third-order valence-corrected chi connectivity index (χ3v) is 1.98. The topological polar surface area (TPSA) is 12.4 Å². The molecule has 0 aromatic carbocycles. The van der Waals surface area contributed by atoms with E-state index in [1.165, 1.54) is 0 Å². The first-order chi connectivity index (χ1) is 4.84. The molecule has 0 spiro atoms. The number of nitrogens with zero attached hydrogens (tertiary/aromatic N) is 1. The summed E-state index contributed by atoms with van der Waals surface area (Å²) in [5.41, 5.74) is 0. The van der Waals surface area contributed by atoms with Crippen LogP contribution in [0.25, 0.3) is 12.7 Å². The molecule has 0 bridgehead atoms. The zero-order valence-electron chi connectivity index (χ0n) is 5.87. The van der Waals surface area contributed by atoms with Crippen molar-refractivity contribution in [1.82, 2.24) is 0 Å². The van der Waals surface area contributed by atoms with Gasteiger partial charge in [0.1, 0.15) is 0 Å². The second-order valence-electron chi connectivity index (χ2n) is 1.87. The molecular weight excluding hydrogens is 142 g/mol. The van der Waals surface area contributed by atoms with Gasteiger partial charge >= 0.3 is 0 Å². The van der Waals surface area contributed by atoms with Crippen molar-refractivity contribution >= 4 is 30.2 Å². The summed E-state index contributed by atoms with van der Waals surface area (Å²) < 4.78 is 1.10. The molecule has 0 radical (unpaired) electrons. The Morgan fingerprint density at radius 3 is 3.00 bits per heavy atom. The maximum absolute atomic E-state index is 3.86. The smallest absolute Gasteiger partial charge is 0.0277 e. The Hall–Kier alpha value is -0.890. The van der Waals surface area contributed by atoms with E-state index in [1.54, 1.807) is 24.6 Å². The Kier molecular flexibility index (Phi) is 2.40. The van der Waals surface area contributed by atoms with Crippen molar-refractivity contribution in [3.8, 4) is 0 Å². The van der Waals surface area contributed by atoms with Crippen LogP contribution in [0.1, 0.15) is 0 Å². The van der Waals surface area contributed by atoms with Crippen molar-refractivity contribution < 1.29 is 0 Å². The average molecular weight is 151 g/mol. The summed E-state index contributed by atoms with van der Waals surface area (Å²) in [7, 11) is 1.76. The molecule has 2 heteroatoms. The number of hydrogen-bond acceptors (Lipinski definition) is 2. The number of thiophene rings is 1. The molecule has 1 heterocycles. The molecule has 52 valence electrons. The summed E-state index contributed by atoms with van der Waals surface area (Å²) in [6, 6.07) is 2.04. The summed E-state index contributed by atoms with van der Waals surface area (Å²) in [6.45, 7) is 3.86. The van der Waals surface area contributed by atoms with Crippen LogP contribution < -0.4 is 9.75 Å². The van der Waals surface area contributed by atoms with E-state index >= 15 is 0 Å². The van der Waals surface area contributed by atoms with Crippen LogP contribution in [-0.2, 0) is 0 Å². The molecule has 0 aliphatic carbocycles. The van der Waals surface area contributed by atoms with E-state index in [0.717, 1.165) is 9.75 Å². The molecule has 0 unspecified atom stereocenters. The molecule has 1 aromatic rings. The first kappa shape index (κ1) is 7.22. The molecule has 1 aromatic heterocycles. The van der Waals surface area contributed by atoms with Gasteiger partial charge in [-0.15, -0.1) is 11.3 Å². The quantitative estimate of drug-likeness (QED) is 0.522. The number of hydrogen-bond donors (Lipinski definition) is 0. The summed E-state index contributed by atoms with van der Waals surface area (Å²) in [5.74, 6) is 0. The van der Waals surface area contributed by atoms with Gasteiger partial charge in [-0.25, -0.2) is 0 Å². The molecule has 1 rings (SSSR count). The highest BCUT2D eigenvalue weighted by molar-refractivity contribution is 7.07. The maximum atomic E-state index is 3.86. The van der Waals surface area contributed by atoms with Gasteiger partial charge in [-0.05, 0) is 22.7 Å². The minimum atomic E-state index is 1.10. The van der Waals surface area contributed by atoms with Gasteiger partial charge in [-0.2, -0.15) is 0 Å². The molecule has 1 nitrogen and oxygen atoms in total. The lowest BCUT2D eigenvalue weighted by Gasteiger charge is -1.71. The standard InChI is InChI=1S/C8H9NS/c1-7-8(3-5-9-2)4-6-10-7/h3-6H,1H2,2H3/b8-3-,9-5-. The van der Waals surface area contributed by atoms with Crippen LogP contribution >= 0.6 is 11.3 Å². The lowest BCUT2D eigenvalue weighted by molar-refractivity contribution is 1.48. The van der Waals surface area contributed by atoms with E-state index in [2.05, 4.69) is 11.6 Å². The van der Waals surface area contributed by atoms with Gasteiger partial charge in [0.2, 0.25) is 0 Å². The minimum absolute atomic E-state index is 1.10. The number of rotatable bonds is 1. The summed E-state index contributed by atoms with van der Waals surface area (Å²) >= 11 is 1.65. The fourth-order valence-corrected chi connectivity index (χ4v) is 1.30. The van der Waals surface area contributed by atoms with Crippen LogP contribution in [0, 0.1) is 0 Å². The third-order valence-electron chi connectivity index (χ3n) is 1.18. The largest absolute Gasteiger partial charge is 0.296 e. The van der Waals surface area contributed by atoms with E-state index < -0.39 is 0 Å². The molecule has 0 aliphatic rings. The van der Waals surface area contributed by atoms with Gasteiger partial charge in [0.25, 0.3) is 0 Å². The minimum Gasteiger partial charge on any atom is -0.296 e. The van der Waals surface area contributed by atoms with Crippen molar-refractivity contribution in [2.24, 2.45) is 4.99 Å². The zero-order chi connectivity index (χ0) is 7.40. The highest BCUT2D eigenvalue weighted by Crippen LogP contribution is 1.77. The van der Waals surface area contributed by atoms with E-state index in [1.807, 2.05) is 17.5 Å². The van der Waals surface area contributed by atoms with Gasteiger partial charge in [-0.1, -0.05) is 6.58 Å². The molecule has 0 aliphatic heterocycles. The molecule has 0 N–H and O–H groups in total. The second kappa shape index (κ2) is 3.32. The Bertz CT molecular complexity index is 321. The monoisotopic (exact) mass is 151 g/mol. The Morgan fingerprint density at radius 1 is 1.70 bits per heavy atom. The molecule has 0 saturated carbocycles. The molecular formula is C8H9NS. The van der Waals surface area contributed by atoms with E-state index in [4.69, 9.17) is 0 Å². The van der Waals surface area contributed by atoms with Crippen LogP contribution in [0.3, 0.4) is 0 Å². The van der Waals surface area contributed by atoms with Gasteiger partial charge in [0.15, 0.2) is 0 Å². The lowest BCUT2D eigenvalue weighted by Crippen LogP contribution is -2.15. The van der Waals surface area contributed by atoms with Crippen LogP contribution in [0.4, 0.5) is 0 Å². The molecule has 0 fully saturated rings. The summed E-state index contributed by atoms with van der Waals surface area (Å²) in [6.07, 6.45) is 3.73. The van der Waals surface area contributed by atoms with E-state index in [9.17, 15) is 0 Å². The zero-order valence-corrected chi connectivity index (χ0v) is 6.69. The van der Waals surface area contributed by atoms with Crippen LogP contribution in [0.15, 0.2) is 16.4 Å². The molecule has 0 atom stereocenters. The molecule has 10 heavy (non-hydrogen) atoms. The molecule has 0 saturated heterocycles. The highest BCUT2D eigenvalue weighted by Gasteiger charge is 1.79. The predicted octanol–water partition coefficient (Wildman–Crippen LogP) is 0.640. The predicted molar refractivity (Wildman–Crippen MR) is 48.0 cm³/mol. The SMILES string of the molecule is C=c1scc/c1=C/C=N\C. The van der Waals surface area contributed by atoms with Gasteiger partial charge in [-0.3, -0.25) is 4.99 Å². The van der Waals surface area contributed by atoms with Crippen molar-refractivity contribution in [1.29, 1.82) is 0 Å². The van der Waals surface area contributed by atoms with Gasteiger partial charge < -0.3 is 0 Å². The van der Waals surface area contributed by atoms with Gasteiger partial charge in [0, 0.05) is 17.8 Å². The fraction of sp³-hybridized carbons (Fsp3) is 0.125. The average Bonchev–Trinajstić information content (AvgIpc) is 2.31. The summed E-state index contributed by atoms with van der Waals surface area (Å²) in [5, 5.41) is 3.19. The normalized spacial score (nSPS) is 13.1. The van der Waals surface area contributed by atoms with Gasteiger partial charge in [0.05, 0.1) is 0 Å². The van der Waals surface area contributed by atoms with Crippen LogP contribution in [0.5, 0.6) is 0 Å². The number of aliphatic imine (C=N–C) groups is 1. The maximum Gasteiger partial charge on any atom is 0.0277 e. The Morgan fingerprint density at radius 2 is 2.50 bits per heavy atom. The van der Waals surface area contributed by atoms with E-state index in [-0.39, 0.29) is 0 Å². The fourth-order valence-electron chi connectivity index (χ4n) is 0.654. The van der Waals surface area contributed by atoms with Crippen LogP contribution in [0.2, 0.25) is 0 Å². The Balaban J connectivity index is 3.16. The first-order valence-corrected chi connectivity index (χ1v) is 3.87. The lowest BCUT2D eigenvalue weighted by atomic mass is 10.4. The second-order valence-corrected chi connectivity index (χ2v) is 2.87. The Labute approximate surface area is 64.0 Å². The summed E-state index contributed by atoms with van der Waals surface area (Å²) in [4.78, 5) is 3.85. The molecule has 0 amide bonds. The highest BCUT2D eigenvalue weighted by atomic mass is 32.1. The van der Waals surface area contributed by atoms with Crippen molar-refractivity contribution in [3.63, 3.8) is 0 Å². The van der Waals surface area contributed by atoms with Crippen LogP contribution in [-0.4, -0.2) is 13.3 Å². The van der Waals surface area contributed by atoms with E-state index in [0.29, 0.717) is 0 Å². The van der Waals surface area contributed by atoms with Crippen molar-refractivity contribution in [3.05, 3.63) is 21.2 Å². The first-order valence-electron chi connectivity index (χ1n) is 2.99. The van der Waals surface area contributed by atoms with Crippen molar-refractivity contribution in [2.45, 2.75) is 0 Å². The third kappa shape index (κ3) is 1.54. The van der Waals surface area contributed by atoms with Crippen molar-refractivity contribution in [2.75, 3.05) is 7.05 Å².